The highest BCUT2D eigenvalue weighted by Crippen LogP contribution is 2.23. The van der Waals surface area contributed by atoms with Gasteiger partial charge in [0.1, 0.15) is 0 Å². The molecule has 3 aromatic carbocycles. The Balaban J connectivity index is 1.59. The molecule has 0 amide bonds. The van der Waals surface area contributed by atoms with E-state index < -0.39 is 21.7 Å². The van der Waals surface area contributed by atoms with Gasteiger partial charge in [-0.15, -0.1) is 0 Å². The van der Waals surface area contributed by atoms with Crippen LogP contribution in [0.3, 0.4) is 0 Å². The number of hydrogen-bond donors (Lipinski definition) is 1. The van der Waals surface area contributed by atoms with Crippen molar-refractivity contribution >= 4 is 21.4 Å². The Bertz CT molecular complexity index is 1170. The summed E-state index contributed by atoms with van der Waals surface area (Å²) in [5.41, 5.74) is 4.37. The van der Waals surface area contributed by atoms with Crippen molar-refractivity contribution in [1.29, 1.82) is 0 Å². The van der Waals surface area contributed by atoms with Gasteiger partial charge in [0.25, 0.3) is 10.0 Å². The molecule has 1 N–H and O–H groups in total. The maximum absolute atomic E-state index is 13.3. The summed E-state index contributed by atoms with van der Waals surface area (Å²) in [6, 6.07) is 17.3. The van der Waals surface area contributed by atoms with Crippen molar-refractivity contribution in [3.8, 4) is 0 Å². The van der Waals surface area contributed by atoms with E-state index in [2.05, 4.69) is 15.8 Å². The summed E-state index contributed by atoms with van der Waals surface area (Å²) in [4.78, 5) is 4.27. The summed E-state index contributed by atoms with van der Waals surface area (Å²) >= 11 is 0. The van der Waals surface area contributed by atoms with Crippen molar-refractivity contribution < 1.29 is 17.2 Å². The summed E-state index contributed by atoms with van der Waals surface area (Å²) in [6.45, 7) is 0.705. The van der Waals surface area contributed by atoms with Gasteiger partial charge < -0.3 is 0 Å². The number of hydrogen-bond acceptors (Lipinski definition) is 3. The minimum absolute atomic E-state index is 0.318. The highest BCUT2D eigenvalue weighted by molar-refractivity contribution is 7.92. The molecule has 0 atom stereocenters. The van der Waals surface area contributed by atoms with Gasteiger partial charge in [-0.1, -0.05) is 36.4 Å². The molecule has 1 heterocycles. The first kappa shape index (κ1) is 18.3. The minimum atomic E-state index is -4.03. The molecule has 0 saturated carbocycles. The van der Waals surface area contributed by atoms with Gasteiger partial charge in [0.15, 0.2) is 11.6 Å². The monoisotopic (exact) mass is 398 g/mol. The highest BCUT2D eigenvalue weighted by atomic mass is 32.2. The molecule has 3 aromatic rings. The second-order valence-electron chi connectivity index (χ2n) is 6.40. The maximum atomic E-state index is 13.3. The van der Waals surface area contributed by atoms with Crippen LogP contribution in [0.5, 0.6) is 0 Å². The zero-order valence-corrected chi connectivity index (χ0v) is 15.5. The number of anilines is 1. The predicted molar refractivity (Wildman–Crippen MR) is 104 cm³/mol. The van der Waals surface area contributed by atoms with Gasteiger partial charge in [0.2, 0.25) is 0 Å². The fraction of sp³-hybridized carbons (Fsp3) is 0.0952. The second kappa shape index (κ2) is 7.16. The Morgan fingerprint density at radius 2 is 1.64 bits per heavy atom. The van der Waals surface area contributed by atoms with Crippen LogP contribution in [0, 0.1) is 11.6 Å². The molecule has 0 bridgehead atoms. The molecule has 0 radical (unpaired) electrons. The van der Waals surface area contributed by atoms with Crippen LogP contribution in [-0.2, 0) is 16.4 Å². The van der Waals surface area contributed by atoms with E-state index in [1.165, 1.54) is 5.56 Å². The molecule has 0 unspecified atom stereocenters. The van der Waals surface area contributed by atoms with Crippen molar-refractivity contribution in [1.82, 2.24) is 0 Å². The molecule has 4 nitrogen and oxygen atoms in total. The molecule has 1 aliphatic rings. The average Bonchev–Trinajstić information content (AvgIpc) is 2.70. The van der Waals surface area contributed by atoms with Gasteiger partial charge in [-0.05, 0) is 42.3 Å². The van der Waals surface area contributed by atoms with Crippen molar-refractivity contribution in [2.75, 3.05) is 11.3 Å². The largest absolute Gasteiger partial charge is 0.284 e. The number of nitrogens with zero attached hydrogens (tertiary/aromatic N) is 1. The summed E-state index contributed by atoms with van der Waals surface area (Å²) in [6.07, 6.45) is 0.895. The first-order chi connectivity index (χ1) is 13.4. The lowest BCUT2D eigenvalue weighted by Gasteiger charge is -2.17. The smallest absolute Gasteiger partial charge is 0.261 e. The van der Waals surface area contributed by atoms with Gasteiger partial charge in [-0.25, -0.2) is 17.2 Å². The van der Waals surface area contributed by atoms with E-state index in [9.17, 15) is 17.2 Å². The molecule has 7 heteroatoms. The van der Waals surface area contributed by atoms with Crippen molar-refractivity contribution in [3.63, 3.8) is 0 Å². The van der Waals surface area contributed by atoms with Crippen LogP contribution >= 0.6 is 0 Å². The Kier molecular flexibility index (Phi) is 4.68. The predicted octanol–water partition coefficient (Wildman–Crippen LogP) is 4.16. The lowest BCUT2D eigenvalue weighted by atomic mass is 9.93. The first-order valence-corrected chi connectivity index (χ1v) is 10.1. The number of halogens is 2. The number of rotatable bonds is 4. The SMILES string of the molecule is O=S(=O)(Nc1ccc(C2=NCCc3ccccc32)cc1)c1ccc(F)c(F)c1. The van der Waals surface area contributed by atoms with Crippen LogP contribution in [0.25, 0.3) is 0 Å². The molecule has 4 rings (SSSR count). The third-order valence-corrected chi connectivity index (χ3v) is 5.91. The number of nitrogens with one attached hydrogen (secondary N) is 1. The molecule has 0 spiro atoms. The summed E-state index contributed by atoms with van der Waals surface area (Å²) in [5, 5.41) is 0. The number of sulfonamides is 1. The lowest BCUT2D eigenvalue weighted by molar-refractivity contribution is 0.504. The Labute approximate surface area is 161 Å². The molecule has 0 fully saturated rings. The number of benzene rings is 3. The van der Waals surface area contributed by atoms with E-state index in [0.29, 0.717) is 18.3 Å². The fourth-order valence-electron chi connectivity index (χ4n) is 3.14. The summed E-state index contributed by atoms with van der Waals surface area (Å²) < 4.78 is 53.5. The minimum Gasteiger partial charge on any atom is -0.284 e. The molecule has 0 aromatic heterocycles. The van der Waals surface area contributed by atoms with Crippen LogP contribution in [0.15, 0.2) is 76.6 Å². The maximum Gasteiger partial charge on any atom is 0.261 e. The molecule has 1 aliphatic heterocycles. The van der Waals surface area contributed by atoms with E-state index >= 15 is 0 Å². The fourth-order valence-corrected chi connectivity index (χ4v) is 4.21. The molecule has 142 valence electrons. The second-order valence-corrected chi connectivity index (χ2v) is 8.08. The lowest BCUT2D eigenvalue weighted by Crippen LogP contribution is -2.15. The number of fused-ring (bicyclic) bond motifs is 1. The zero-order valence-electron chi connectivity index (χ0n) is 14.7. The van der Waals surface area contributed by atoms with Crippen molar-refractivity contribution in [2.24, 2.45) is 4.99 Å². The summed E-state index contributed by atoms with van der Waals surface area (Å²) in [7, 11) is -4.03. The van der Waals surface area contributed by atoms with Crippen LogP contribution in [0.4, 0.5) is 14.5 Å². The van der Waals surface area contributed by atoms with Gasteiger partial charge >= 0.3 is 0 Å². The number of aliphatic imine (C=N–C) groups is 1. The third kappa shape index (κ3) is 3.53. The van der Waals surface area contributed by atoms with Gasteiger partial charge in [-0.2, -0.15) is 0 Å². The average molecular weight is 398 g/mol. The Hall–Kier alpha value is -3.06. The third-order valence-electron chi connectivity index (χ3n) is 4.54. The van der Waals surface area contributed by atoms with Crippen molar-refractivity contribution in [2.45, 2.75) is 11.3 Å². The van der Waals surface area contributed by atoms with Gasteiger partial charge in [0, 0.05) is 23.4 Å². The van der Waals surface area contributed by atoms with Crippen LogP contribution in [0.1, 0.15) is 16.7 Å². The van der Waals surface area contributed by atoms with Gasteiger partial charge in [0.05, 0.1) is 10.6 Å². The molecule has 0 saturated heterocycles. The van der Waals surface area contributed by atoms with Gasteiger partial charge in [-0.3, -0.25) is 9.71 Å². The van der Waals surface area contributed by atoms with E-state index in [-0.39, 0.29) is 4.90 Å². The van der Waals surface area contributed by atoms with Crippen LogP contribution in [-0.4, -0.2) is 20.7 Å². The van der Waals surface area contributed by atoms with Crippen LogP contribution < -0.4 is 4.72 Å². The van der Waals surface area contributed by atoms with E-state index in [4.69, 9.17) is 0 Å². The zero-order chi connectivity index (χ0) is 19.7. The molecular formula is C21H16F2N2O2S. The topological polar surface area (TPSA) is 58.5 Å². The molecule has 28 heavy (non-hydrogen) atoms. The van der Waals surface area contributed by atoms with E-state index in [1.807, 2.05) is 18.2 Å². The molecule has 0 aliphatic carbocycles. The van der Waals surface area contributed by atoms with Crippen LogP contribution in [0.2, 0.25) is 0 Å². The van der Waals surface area contributed by atoms with E-state index in [0.717, 1.165) is 35.4 Å². The summed E-state index contributed by atoms with van der Waals surface area (Å²) in [5.74, 6) is -2.32. The first-order valence-electron chi connectivity index (χ1n) is 8.65. The normalized spacial score (nSPS) is 13.6. The van der Waals surface area contributed by atoms with Crippen molar-refractivity contribution in [3.05, 3.63) is 95.1 Å². The Morgan fingerprint density at radius 1 is 0.893 bits per heavy atom. The highest BCUT2D eigenvalue weighted by Gasteiger charge is 2.18. The van der Waals surface area contributed by atoms with E-state index in [1.54, 1.807) is 24.3 Å². The quantitative estimate of drug-likeness (QED) is 0.718. The standard InChI is InChI=1S/C21H16F2N2O2S/c22-19-10-9-17(13-20(19)23)28(26,27)25-16-7-5-15(6-8-16)21-18-4-2-1-3-14(18)11-12-24-21/h1-10,13,25H,11-12H2. The molecular weight excluding hydrogens is 382 g/mol. The Morgan fingerprint density at radius 3 is 2.39 bits per heavy atom.